The van der Waals surface area contributed by atoms with Gasteiger partial charge in [0, 0.05) is 30.9 Å². The van der Waals surface area contributed by atoms with Crippen molar-refractivity contribution in [2.75, 3.05) is 18.4 Å². The molecule has 1 unspecified atom stereocenters. The normalized spacial score (nSPS) is 18.8. The van der Waals surface area contributed by atoms with Crippen LogP contribution in [0.15, 0.2) is 42.2 Å². The Hall–Kier alpha value is -2.25. The number of carbonyl (C=O) groups is 1. The molecular formula is C17H19N5OS. The summed E-state index contributed by atoms with van der Waals surface area (Å²) in [6.07, 6.45) is 7.63. The van der Waals surface area contributed by atoms with Crippen molar-refractivity contribution in [3.05, 3.63) is 47.9 Å². The molecule has 0 spiro atoms. The minimum atomic E-state index is 0.0156. The summed E-state index contributed by atoms with van der Waals surface area (Å²) in [4.78, 5) is 23.3. The maximum Gasteiger partial charge on any atom is 0.230 e. The zero-order valence-corrected chi connectivity index (χ0v) is 14.1. The largest absolute Gasteiger partial charge is 0.303 e. The summed E-state index contributed by atoms with van der Waals surface area (Å²) < 4.78 is 2.11. The molecule has 4 rings (SSSR count). The molecule has 0 aromatic carbocycles. The predicted molar refractivity (Wildman–Crippen MR) is 93.9 cm³/mol. The van der Waals surface area contributed by atoms with Crippen LogP contribution in [-0.2, 0) is 11.3 Å². The van der Waals surface area contributed by atoms with E-state index in [9.17, 15) is 4.79 Å². The fourth-order valence-corrected chi connectivity index (χ4v) is 3.77. The van der Waals surface area contributed by atoms with E-state index < -0.39 is 0 Å². The lowest BCUT2D eigenvalue weighted by Crippen LogP contribution is -2.40. The van der Waals surface area contributed by atoms with Crippen LogP contribution in [0.4, 0.5) is 5.13 Å². The summed E-state index contributed by atoms with van der Waals surface area (Å²) in [5, 5.41) is 5.47. The fourth-order valence-electron chi connectivity index (χ4n) is 3.24. The third-order valence-corrected chi connectivity index (χ3v) is 5.11. The molecule has 24 heavy (non-hydrogen) atoms. The second kappa shape index (κ2) is 6.70. The number of piperidine rings is 1. The van der Waals surface area contributed by atoms with Crippen molar-refractivity contribution in [2.24, 2.45) is 5.92 Å². The third-order valence-electron chi connectivity index (χ3n) is 4.42. The number of aromatic nitrogens is 3. The monoisotopic (exact) mass is 341 g/mol. The van der Waals surface area contributed by atoms with E-state index in [1.807, 2.05) is 36.0 Å². The minimum Gasteiger partial charge on any atom is -0.303 e. The van der Waals surface area contributed by atoms with E-state index in [1.54, 1.807) is 6.20 Å². The highest BCUT2D eigenvalue weighted by molar-refractivity contribution is 7.13. The molecule has 4 heterocycles. The number of carbonyl (C=O) groups excluding carboxylic acids is 1. The summed E-state index contributed by atoms with van der Waals surface area (Å²) in [6, 6.07) is 6.01. The molecule has 1 aliphatic heterocycles. The highest BCUT2D eigenvalue weighted by atomic mass is 32.1. The van der Waals surface area contributed by atoms with Gasteiger partial charge in [0.05, 0.1) is 17.8 Å². The first-order chi connectivity index (χ1) is 11.8. The quantitative estimate of drug-likeness (QED) is 0.792. The average Bonchev–Trinajstić information content (AvgIpc) is 3.26. The van der Waals surface area contributed by atoms with Crippen LogP contribution in [0, 0.1) is 5.92 Å². The van der Waals surface area contributed by atoms with E-state index in [1.165, 1.54) is 11.3 Å². The Morgan fingerprint density at radius 2 is 2.33 bits per heavy atom. The number of hydrogen-bond acceptors (Lipinski definition) is 5. The predicted octanol–water partition coefficient (Wildman–Crippen LogP) is 2.64. The lowest BCUT2D eigenvalue weighted by Gasteiger charge is -2.31. The minimum absolute atomic E-state index is 0.0156. The molecule has 1 saturated heterocycles. The number of nitrogens with one attached hydrogen (secondary N) is 1. The van der Waals surface area contributed by atoms with Crippen LogP contribution in [0.2, 0.25) is 0 Å². The number of pyridine rings is 1. The lowest BCUT2D eigenvalue weighted by molar-refractivity contribution is -0.121. The van der Waals surface area contributed by atoms with Crippen molar-refractivity contribution in [3.63, 3.8) is 0 Å². The average molecular weight is 341 g/mol. The van der Waals surface area contributed by atoms with Crippen molar-refractivity contribution in [1.82, 2.24) is 19.3 Å². The molecule has 3 aromatic heterocycles. The standard InChI is InChI=1S/C17H19N5OS/c23-16(20-17-18-6-9-24-17)13-4-3-7-21(11-13)12-14-10-19-15-5-1-2-8-22(14)15/h1-2,5-6,8-10,13H,3-4,7,11-12H2,(H,18,20,23). The number of rotatable bonds is 4. The number of imidazole rings is 1. The van der Waals surface area contributed by atoms with E-state index in [-0.39, 0.29) is 11.8 Å². The Morgan fingerprint density at radius 1 is 1.38 bits per heavy atom. The topological polar surface area (TPSA) is 62.5 Å². The van der Waals surface area contributed by atoms with Crippen LogP contribution in [0.25, 0.3) is 5.65 Å². The molecule has 1 amide bonds. The van der Waals surface area contributed by atoms with Gasteiger partial charge in [-0.2, -0.15) is 0 Å². The first kappa shape index (κ1) is 15.3. The van der Waals surface area contributed by atoms with Gasteiger partial charge in [-0.15, -0.1) is 11.3 Å². The zero-order chi connectivity index (χ0) is 16.4. The van der Waals surface area contributed by atoms with Gasteiger partial charge in [-0.05, 0) is 31.5 Å². The lowest BCUT2D eigenvalue weighted by atomic mass is 9.97. The van der Waals surface area contributed by atoms with Crippen LogP contribution in [0.5, 0.6) is 0 Å². The van der Waals surface area contributed by atoms with Crippen LogP contribution in [0.1, 0.15) is 18.5 Å². The second-order valence-electron chi connectivity index (χ2n) is 6.08. The van der Waals surface area contributed by atoms with E-state index in [4.69, 9.17) is 0 Å². The van der Waals surface area contributed by atoms with Gasteiger partial charge in [0.2, 0.25) is 5.91 Å². The highest BCUT2D eigenvalue weighted by Crippen LogP contribution is 2.21. The van der Waals surface area contributed by atoms with Gasteiger partial charge in [0.25, 0.3) is 0 Å². The van der Waals surface area contributed by atoms with Crippen LogP contribution in [0.3, 0.4) is 0 Å². The number of amides is 1. The van der Waals surface area contributed by atoms with E-state index in [0.29, 0.717) is 5.13 Å². The van der Waals surface area contributed by atoms with E-state index >= 15 is 0 Å². The zero-order valence-electron chi connectivity index (χ0n) is 13.3. The highest BCUT2D eigenvalue weighted by Gasteiger charge is 2.26. The number of likely N-dealkylation sites (tertiary alicyclic amines) is 1. The Labute approximate surface area is 144 Å². The molecule has 0 radical (unpaired) electrons. The maximum absolute atomic E-state index is 12.4. The molecule has 0 saturated carbocycles. The number of nitrogens with zero attached hydrogens (tertiary/aromatic N) is 4. The second-order valence-corrected chi connectivity index (χ2v) is 6.97. The van der Waals surface area contributed by atoms with Crippen LogP contribution >= 0.6 is 11.3 Å². The van der Waals surface area contributed by atoms with E-state index in [0.717, 1.165) is 43.8 Å². The maximum atomic E-state index is 12.4. The van der Waals surface area contributed by atoms with Crippen molar-refractivity contribution < 1.29 is 4.79 Å². The van der Waals surface area contributed by atoms with Crippen molar-refractivity contribution >= 4 is 28.0 Å². The Bertz CT molecular complexity index is 829. The van der Waals surface area contributed by atoms with E-state index in [2.05, 4.69) is 24.6 Å². The Morgan fingerprint density at radius 3 is 3.21 bits per heavy atom. The summed E-state index contributed by atoms with van der Waals surface area (Å²) >= 11 is 1.45. The number of hydrogen-bond donors (Lipinski definition) is 1. The molecule has 124 valence electrons. The summed E-state index contributed by atoms with van der Waals surface area (Å²) in [6.45, 7) is 2.60. The van der Waals surface area contributed by atoms with Gasteiger partial charge in [-0.25, -0.2) is 9.97 Å². The molecule has 0 aliphatic carbocycles. The van der Waals surface area contributed by atoms with Gasteiger partial charge in [-0.3, -0.25) is 9.69 Å². The fraction of sp³-hybridized carbons (Fsp3) is 0.353. The smallest absolute Gasteiger partial charge is 0.230 e. The van der Waals surface area contributed by atoms with Gasteiger partial charge in [-0.1, -0.05) is 6.07 Å². The first-order valence-corrected chi connectivity index (χ1v) is 9.01. The molecule has 3 aromatic rings. The Balaban J connectivity index is 1.42. The molecule has 1 atom stereocenters. The molecule has 1 aliphatic rings. The SMILES string of the molecule is O=C(Nc1nccs1)C1CCCN(Cc2cnc3ccccn23)C1. The summed E-state index contributed by atoms with van der Waals surface area (Å²) in [5.41, 5.74) is 2.12. The van der Waals surface area contributed by atoms with Crippen molar-refractivity contribution in [1.29, 1.82) is 0 Å². The third kappa shape index (κ3) is 3.18. The van der Waals surface area contributed by atoms with Gasteiger partial charge >= 0.3 is 0 Å². The summed E-state index contributed by atoms with van der Waals surface area (Å²) in [5.74, 6) is 0.0922. The number of thiazole rings is 1. The van der Waals surface area contributed by atoms with Crippen LogP contribution < -0.4 is 5.32 Å². The Kier molecular flexibility index (Phi) is 4.27. The number of anilines is 1. The van der Waals surface area contributed by atoms with Gasteiger partial charge in [0.1, 0.15) is 5.65 Å². The number of fused-ring (bicyclic) bond motifs is 1. The van der Waals surface area contributed by atoms with Crippen molar-refractivity contribution in [3.8, 4) is 0 Å². The molecular weight excluding hydrogens is 322 g/mol. The molecule has 0 bridgehead atoms. The molecule has 7 heteroatoms. The molecule has 1 fully saturated rings. The summed E-state index contributed by atoms with van der Waals surface area (Å²) in [7, 11) is 0. The van der Waals surface area contributed by atoms with Crippen molar-refractivity contribution in [2.45, 2.75) is 19.4 Å². The first-order valence-electron chi connectivity index (χ1n) is 8.13. The van der Waals surface area contributed by atoms with Crippen LogP contribution in [-0.4, -0.2) is 38.3 Å². The van der Waals surface area contributed by atoms with Gasteiger partial charge < -0.3 is 9.72 Å². The molecule has 6 nitrogen and oxygen atoms in total. The molecule has 1 N–H and O–H groups in total. The van der Waals surface area contributed by atoms with Gasteiger partial charge in [0.15, 0.2) is 5.13 Å².